The van der Waals surface area contributed by atoms with Crippen LogP contribution in [0.3, 0.4) is 0 Å². The topological polar surface area (TPSA) is 55.0 Å². The van der Waals surface area contributed by atoms with Crippen molar-refractivity contribution in [3.63, 3.8) is 0 Å². The van der Waals surface area contributed by atoms with E-state index in [-0.39, 0.29) is 5.54 Å². The fraction of sp³-hybridized carbons (Fsp3) is 0.714. The Kier molecular flexibility index (Phi) is 4.36. The Bertz CT molecular complexity index is 413. The third-order valence-corrected chi connectivity index (χ3v) is 4.77. The van der Waals surface area contributed by atoms with E-state index in [1.54, 1.807) is 0 Å². The summed E-state index contributed by atoms with van der Waals surface area (Å²) in [6, 6.07) is 1.88. The van der Waals surface area contributed by atoms with E-state index in [1.165, 1.54) is 25.9 Å². The first-order chi connectivity index (χ1) is 8.84. The summed E-state index contributed by atoms with van der Waals surface area (Å²) in [6.07, 6.45) is 2.43. The lowest BCUT2D eigenvalue weighted by molar-refractivity contribution is 0.113. The van der Waals surface area contributed by atoms with Gasteiger partial charge in [-0.05, 0) is 53.6 Å². The minimum absolute atomic E-state index is 0.283. The Morgan fingerprint density at radius 1 is 1.26 bits per heavy atom. The minimum atomic E-state index is 0.283. The van der Waals surface area contributed by atoms with Crippen molar-refractivity contribution < 1.29 is 0 Å². The molecular weight excluding hydrogens is 256 g/mol. The van der Waals surface area contributed by atoms with E-state index < -0.39 is 0 Å². The summed E-state index contributed by atoms with van der Waals surface area (Å²) in [7, 11) is 0. The highest BCUT2D eigenvalue weighted by atomic mass is 32.2. The maximum Gasteiger partial charge on any atom is 0.128 e. The van der Waals surface area contributed by atoms with E-state index >= 15 is 0 Å². The zero-order chi connectivity index (χ0) is 14.0. The molecule has 19 heavy (non-hydrogen) atoms. The largest absolute Gasteiger partial charge is 0.384 e. The van der Waals surface area contributed by atoms with Crippen LogP contribution in [0.1, 0.15) is 39.4 Å². The zero-order valence-electron chi connectivity index (χ0n) is 12.3. The van der Waals surface area contributed by atoms with Gasteiger partial charge in [0.15, 0.2) is 0 Å². The summed E-state index contributed by atoms with van der Waals surface area (Å²) in [4.78, 5) is 11.1. The Labute approximate surface area is 120 Å². The highest BCUT2D eigenvalue weighted by Gasteiger charge is 2.27. The van der Waals surface area contributed by atoms with E-state index in [2.05, 4.69) is 35.6 Å². The molecule has 1 aliphatic rings. The predicted molar refractivity (Wildman–Crippen MR) is 81.4 cm³/mol. The Morgan fingerprint density at radius 2 is 1.89 bits per heavy atom. The van der Waals surface area contributed by atoms with Gasteiger partial charge >= 0.3 is 0 Å². The van der Waals surface area contributed by atoms with Gasteiger partial charge in [-0.1, -0.05) is 0 Å². The molecule has 0 saturated carbocycles. The maximum atomic E-state index is 5.77. The van der Waals surface area contributed by atoms with Gasteiger partial charge in [-0.15, -0.1) is 11.8 Å². The number of piperidine rings is 1. The van der Waals surface area contributed by atoms with Gasteiger partial charge in [-0.25, -0.2) is 9.97 Å². The van der Waals surface area contributed by atoms with E-state index in [1.807, 2.05) is 24.8 Å². The highest BCUT2D eigenvalue weighted by Crippen LogP contribution is 2.31. The molecule has 0 atom stereocenters. The van der Waals surface area contributed by atoms with Crippen molar-refractivity contribution in [1.29, 1.82) is 0 Å². The van der Waals surface area contributed by atoms with E-state index in [0.29, 0.717) is 11.1 Å². The zero-order valence-corrected chi connectivity index (χ0v) is 13.1. The Hall–Kier alpha value is -0.810. The molecule has 0 amide bonds. The van der Waals surface area contributed by atoms with Crippen LogP contribution in [0.5, 0.6) is 0 Å². The number of hydrogen-bond acceptors (Lipinski definition) is 5. The van der Waals surface area contributed by atoms with Gasteiger partial charge in [-0.3, -0.25) is 4.90 Å². The second-order valence-electron chi connectivity index (χ2n) is 6.15. The Balaban J connectivity index is 1.92. The summed E-state index contributed by atoms with van der Waals surface area (Å²) in [5, 5.41) is 1.66. The lowest BCUT2D eigenvalue weighted by atomic mass is 10.0. The van der Waals surface area contributed by atoms with Crippen LogP contribution in [0, 0.1) is 6.92 Å². The number of nitrogens with two attached hydrogens (primary N) is 1. The van der Waals surface area contributed by atoms with Crippen molar-refractivity contribution in [2.75, 3.05) is 18.8 Å². The second-order valence-corrected chi connectivity index (χ2v) is 7.47. The number of aryl methyl sites for hydroxylation is 1. The van der Waals surface area contributed by atoms with E-state index in [0.717, 1.165) is 10.9 Å². The SMILES string of the molecule is Cc1nc(N)cc(SC2CCN(C(C)(C)C)CC2)n1. The van der Waals surface area contributed by atoms with Crippen molar-refractivity contribution in [3.8, 4) is 0 Å². The maximum absolute atomic E-state index is 5.77. The molecule has 0 spiro atoms. The first-order valence-corrected chi connectivity index (χ1v) is 7.75. The van der Waals surface area contributed by atoms with Crippen molar-refractivity contribution in [1.82, 2.24) is 14.9 Å². The lowest BCUT2D eigenvalue weighted by Crippen LogP contribution is -2.46. The molecule has 1 saturated heterocycles. The monoisotopic (exact) mass is 280 g/mol. The molecule has 0 aliphatic carbocycles. The number of rotatable bonds is 2. The summed E-state index contributed by atoms with van der Waals surface area (Å²) in [5.74, 6) is 1.33. The van der Waals surface area contributed by atoms with Gasteiger partial charge in [0.05, 0.1) is 0 Å². The molecule has 0 aromatic carbocycles. The van der Waals surface area contributed by atoms with Crippen molar-refractivity contribution in [2.45, 2.75) is 56.4 Å². The molecule has 2 rings (SSSR count). The number of anilines is 1. The van der Waals surface area contributed by atoms with Crippen molar-refractivity contribution in [3.05, 3.63) is 11.9 Å². The number of likely N-dealkylation sites (tertiary alicyclic amines) is 1. The van der Waals surface area contributed by atoms with Gasteiger partial charge in [0.1, 0.15) is 16.7 Å². The number of nitrogen functional groups attached to an aromatic ring is 1. The molecule has 106 valence electrons. The van der Waals surface area contributed by atoms with Crippen LogP contribution in [0.2, 0.25) is 0 Å². The molecule has 0 radical (unpaired) electrons. The van der Waals surface area contributed by atoms with Crippen molar-refractivity contribution in [2.24, 2.45) is 0 Å². The van der Waals surface area contributed by atoms with Gasteiger partial charge in [0.2, 0.25) is 0 Å². The third-order valence-electron chi connectivity index (χ3n) is 3.51. The molecule has 2 N–H and O–H groups in total. The van der Waals surface area contributed by atoms with Crippen LogP contribution >= 0.6 is 11.8 Å². The summed E-state index contributed by atoms with van der Waals surface area (Å²) in [5.41, 5.74) is 6.05. The smallest absolute Gasteiger partial charge is 0.128 e. The quantitative estimate of drug-likeness (QED) is 0.844. The van der Waals surface area contributed by atoms with Gasteiger partial charge in [-0.2, -0.15) is 0 Å². The fourth-order valence-electron chi connectivity index (χ4n) is 2.44. The third kappa shape index (κ3) is 4.08. The standard InChI is InChI=1S/C14H24N4S/c1-10-16-12(15)9-13(17-10)19-11-5-7-18(8-6-11)14(2,3)4/h9,11H,5-8H2,1-4H3,(H2,15,16,17). The highest BCUT2D eigenvalue weighted by molar-refractivity contribution is 7.99. The normalized spacial score (nSPS) is 18.7. The molecule has 0 unspecified atom stereocenters. The molecule has 1 fully saturated rings. The molecule has 5 heteroatoms. The van der Waals surface area contributed by atoms with Gasteiger partial charge in [0, 0.05) is 16.9 Å². The molecule has 1 aliphatic heterocycles. The lowest BCUT2D eigenvalue weighted by Gasteiger charge is -2.40. The predicted octanol–water partition coefficient (Wildman–Crippen LogP) is 2.72. The fourth-order valence-corrected chi connectivity index (χ4v) is 3.60. The summed E-state index contributed by atoms with van der Waals surface area (Å²) < 4.78 is 0. The second kappa shape index (κ2) is 5.67. The number of aromatic nitrogens is 2. The Morgan fingerprint density at radius 3 is 2.42 bits per heavy atom. The number of thioether (sulfide) groups is 1. The first kappa shape index (κ1) is 14.6. The average Bonchev–Trinajstić information content (AvgIpc) is 2.26. The van der Waals surface area contributed by atoms with Crippen LogP contribution in [0.25, 0.3) is 0 Å². The van der Waals surface area contributed by atoms with Crippen LogP contribution in [0.4, 0.5) is 5.82 Å². The molecule has 2 heterocycles. The van der Waals surface area contributed by atoms with Gasteiger partial charge < -0.3 is 5.73 Å². The molecule has 4 nitrogen and oxygen atoms in total. The number of nitrogens with zero attached hydrogens (tertiary/aromatic N) is 3. The van der Waals surface area contributed by atoms with E-state index in [9.17, 15) is 0 Å². The number of hydrogen-bond donors (Lipinski definition) is 1. The molecule has 0 bridgehead atoms. The average molecular weight is 280 g/mol. The molecule has 1 aromatic rings. The van der Waals surface area contributed by atoms with Crippen LogP contribution in [0.15, 0.2) is 11.1 Å². The first-order valence-electron chi connectivity index (χ1n) is 6.87. The minimum Gasteiger partial charge on any atom is -0.384 e. The molecule has 1 aromatic heterocycles. The molecular formula is C14H24N4S. The van der Waals surface area contributed by atoms with Gasteiger partial charge in [0.25, 0.3) is 0 Å². The summed E-state index contributed by atoms with van der Waals surface area (Å²) >= 11 is 1.85. The van der Waals surface area contributed by atoms with Crippen LogP contribution in [-0.2, 0) is 0 Å². The summed E-state index contributed by atoms with van der Waals surface area (Å²) in [6.45, 7) is 11.1. The van der Waals surface area contributed by atoms with Crippen LogP contribution in [-0.4, -0.2) is 38.7 Å². The van der Waals surface area contributed by atoms with Crippen molar-refractivity contribution >= 4 is 17.6 Å². The van der Waals surface area contributed by atoms with Crippen LogP contribution < -0.4 is 5.73 Å². The van der Waals surface area contributed by atoms with E-state index in [4.69, 9.17) is 5.73 Å².